The van der Waals surface area contributed by atoms with Gasteiger partial charge in [-0.05, 0) is 24.3 Å². The first-order valence-corrected chi connectivity index (χ1v) is 7.26. The summed E-state index contributed by atoms with van der Waals surface area (Å²) in [5, 5.41) is 0.163. The zero-order valence-electron chi connectivity index (χ0n) is 10.3. The molecule has 0 aliphatic carbocycles. The number of ether oxygens (including phenoxy) is 1. The lowest BCUT2D eigenvalue weighted by molar-refractivity contribution is 0.414. The van der Waals surface area contributed by atoms with Crippen LogP contribution in [-0.2, 0) is 10.0 Å². The van der Waals surface area contributed by atoms with Crippen molar-refractivity contribution in [3.63, 3.8) is 0 Å². The minimum Gasteiger partial charge on any atom is -0.497 e. The number of benzene rings is 1. The molecule has 0 unspecified atom stereocenters. The summed E-state index contributed by atoms with van der Waals surface area (Å²) in [6.45, 7) is 0. The topological polar surface area (TPSA) is 68.3 Å². The molecule has 0 bridgehead atoms. The second-order valence-corrected chi connectivity index (χ2v) is 5.84. The highest BCUT2D eigenvalue weighted by Gasteiger charge is 2.17. The Morgan fingerprint density at radius 2 is 2.05 bits per heavy atom. The van der Waals surface area contributed by atoms with Crippen LogP contribution in [0.4, 0.5) is 10.1 Å². The second kappa shape index (κ2) is 5.64. The van der Waals surface area contributed by atoms with E-state index in [1.54, 1.807) is 0 Å². The zero-order chi connectivity index (χ0) is 14.8. The first-order chi connectivity index (χ1) is 9.42. The Morgan fingerprint density at radius 3 is 2.65 bits per heavy atom. The van der Waals surface area contributed by atoms with Gasteiger partial charge in [0.2, 0.25) is 0 Å². The number of pyridine rings is 1. The largest absolute Gasteiger partial charge is 0.497 e. The van der Waals surface area contributed by atoms with Crippen molar-refractivity contribution in [2.75, 3.05) is 11.8 Å². The lowest BCUT2D eigenvalue weighted by atomic mass is 10.3. The Hall–Kier alpha value is -1.86. The van der Waals surface area contributed by atoms with Gasteiger partial charge in [0.15, 0.2) is 0 Å². The van der Waals surface area contributed by atoms with Gasteiger partial charge in [0.05, 0.1) is 12.8 Å². The number of anilines is 1. The number of sulfonamides is 1. The number of hydrogen-bond donors (Lipinski definition) is 1. The number of halogens is 2. The van der Waals surface area contributed by atoms with E-state index in [9.17, 15) is 12.8 Å². The monoisotopic (exact) mass is 316 g/mol. The van der Waals surface area contributed by atoms with Crippen molar-refractivity contribution >= 4 is 27.3 Å². The smallest absolute Gasteiger partial charge is 0.263 e. The number of nitrogens with one attached hydrogen (secondary N) is 1. The number of rotatable bonds is 4. The van der Waals surface area contributed by atoms with E-state index in [4.69, 9.17) is 16.3 Å². The Kier molecular flexibility index (Phi) is 4.10. The van der Waals surface area contributed by atoms with Crippen molar-refractivity contribution in [2.45, 2.75) is 4.90 Å². The molecule has 0 spiro atoms. The number of hydrogen-bond acceptors (Lipinski definition) is 4. The van der Waals surface area contributed by atoms with Gasteiger partial charge in [-0.15, -0.1) is 0 Å². The van der Waals surface area contributed by atoms with Crippen LogP contribution in [0.15, 0.2) is 41.4 Å². The van der Waals surface area contributed by atoms with Crippen molar-refractivity contribution in [3.05, 3.63) is 47.5 Å². The molecule has 0 saturated carbocycles. The van der Waals surface area contributed by atoms with Crippen LogP contribution in [0.2, 0.25) is 5.15 Å². The Morgan fingerprint density at radius 1 is 1.30 bits per heavy atom. The molecule has 8 heteroatoms. The molecule has 5 nitrogen and oxygen atoms in total. The van der Waals surface area contributed by atoms with Gasteiger partial charge in [-0.25, -0.2) is 17.8 Å². The predicted molar refractivity (Wildman–Crippen MR) is 73.0 cm³/mol. The Bertz CT molecular complexity index is 720. The van der Waals surface area contributed by atoms with Crippen LogP contribution < -0.4 is 9.46 Å². The van der Waals surface area contributed by atoms with E-state index < -0.39 is 15.8 Å². The summed E-state index contributed by atoms with van der Waals surface area (Å²) in [5.74, 6) is -0.380. The number of aromatic nitrogens is 1. The fourth-order valence-electron chi connectivity index (χ4n) is 1.43. The number of methoxy groups -OCH3 is 1. The molecule has 2 aromatic rings. The van der Waals surface area contributed by atoms with Gasteiger partial charge >= 0.3 is 0 Å². The van der Waals surface area contributed by atoms with Crippen molar-refractivity contribution in [2.24, 2.45) is 0 Å². The third-order valence-electron chi connectivity index (χ3n) is 2.43. The molecule has 106 valence electrons. The maximum Gasteiger partial charge on any atom is 0.263 e. The minimum absolute atomic E-state index is 0.121. The van der Waals surface area contributed by atoms with E-state index in [0.29, 0.717) is 5.75 Å². The minimum atomic E-state index is -3.94. The van der Waals surface area contributed by atoms with E-state index in [0.717, 1.165) is 12.3 Å². The summed E-state index contributed by atoms with van der Waals surface area (Å²) in [6, 6.07) is 6.35. The van der Waals surface area contributed by atoms with Crippen LogP contribution in [0.1, 0.15) is 0 Å². The SMILES string of the molecule is COc1ccc(F)c(NS(=O)(=O)c2ccc(Cl)nc2)c1. The Labute approximate surface area is 120 Å². The van der Waals surface area contributed by atoms with Crippen molar-refractivity contribution in [1.29, 1.82) is 0 Å². The van der Waals surface area contributed by atoms with Crippen LogP contribution in [0.3, 0.4) is 0 Å². The molecule has 0 fully saturated rings. The molecule has 2 rings (SSSR count). The Balaban J connectivity index is 2.35. The summed E-state index contributed by atoms with van der Waals surface area (Å²) in [4.78, 5) is 3.55. The summed E-state index contributed by atoms with van der Waals surface area (Å²) in [7, 11) is -2.55. The maximum atomic E-state index is 13.6. The summed E-state index contributed by atoms with van der Waals surface area (Å²) in [5.41, 5.74) is -0.209. The van der Waals surface area contributed by atoms with Crippen LogP contribution in [0.25, 0.3) is 0 Å². The van der Waals surface area contributed by atoms with Crippen molar-refractivity contribution in [3.8, 4) is 5.75 Å². The van der Waals surface area contributed by atoms with E-state index >= 15 is 0 Å². The van der Waals surface area contributed by atoms with Crippen LogP contribution >= 0.6 is 11.6 Å². The van der Waals surface area contributed by atoms with Gasteiger partial charge < -0.3 is 4.74 Å². The molecule has 1 heterocycles. The fraction of sp³-hybridized carbons (Fsp3) is 0.0833. The summed E-state index contributed by atoms with van der Waals surface area (Å²) in [6.07, 6.45) is 1.09. The quantitative estimate of drug-likeness (QED) is 0.881. The standard InChI is InChI=1S/C12H10ClFN2O3S/c1-19-8-2-4-10(14)11(6-8)16-20(17,18)9-3-5-12(13)15-7-9/h2-7,16H,1H3. The first kappa shape index (κ1) is 14.5. The average Bonchev–Trinajstić information content (AvgIpc) is 2.41. The van der Waals surface area contributed by atoms with Crippen LogP contribution in [-0.4, -0.2) is 20.5 Å². The molecular weight excluding hydrogens is 307 g/mol. The predicted octanol–water partition coefficient (Wildman–Crippen LogP) is 2.68. The summed E-state index contributed by atoms with van der Waals surface area (Å²) < 4.78 is 44.8. The summed E-state index contributed by atoms with van der Waals surface area (Å²) >= 11 is 5.58. The third-order valence-corrected chi connectivity index (χ3v) is 4.00. The number of nitrogens with zero attached hydrogens (tertiary/aromatic N) is 1. The van der Waals surface area contributed by atoms with E-state index in [2.05, 4.69) is 9.71 Å². The average molecular weight is 317 g/mol. The molecule has 0 aliphatic rings. The van der Waals surface area contributed by atoms with Gasteiger partial charge in [0, 0.05) is 12.3 Å². The highest BCUT2D eigenvalue weighted by Crippen LogP contribution is 2.24. The second-order valence-electron chi connectivity index (χ2n) is 3.77. The molecule has 0 aliphatic heterocycles. The van der Waals surface area contributed by atoms with Gasteiger partial charge in [-0.2, -0.15) is 0 Å². The van der Waals surface area contributed by atoms with E-state index in [1.807, 2.05) is 0 Å². The molecule has 1 N–H and O–H groups in total. The molecule has 20 heavy (non-hydrogen) atoms. The third kappa shape index (κ3) is 3.17. The van der Waals surface area contributed by atoms with Crippen molar-refractivity contribution < 1.29 is 17.5 Å². The maximum absolute atomic E-state index is 13.6. The highest BCUT2D eigenvalue weighted by atomic mass is 35.5. The van der Waals surface area contributed by atoms with Crippen LogP contribution in [0, 0.1) is 5.82 Å². The molecular formula is C12H10ClFN2O3S. The zero-order valence-corrected chi connectivity index (χ0v) is 11.9. The normalized spacial score (nSPS) is 11.2. The van der Waals surface area contributed by atoms with Crippen molar-refractivity contribution in [1.82, 2.24) is 4.98 Å². The molecule has 0 radical (unpaired) electrons. The van der Waals surface area contributed by atoms with Gasteiger partial charge in [0.25, 0.3) is 10.0 Å². The molecule has 0 atom stereocenters. The van der Waals surface area contributed by atoms with E-state index in [-0.39, 0.29) is 15.7 Å². The van der Waals surface area contributed by atoms with Gasteiger partial charge in [-0.3, -0.25) is 4.72 Å². The first-order valence-electron chi connectivity index (χ1n) is 5.40. The van der Waals surface area contributed by atoms with Crippen LogP contribution in [0.5, 0.6) is 5.75 Å². The van der Waals surface area contributed by atoms with Gasteiger partial charge in [0.1, 0.15) is 21.6 Å². The molecule has 1 aromatic heterocycles. The fourth-order valence-corrected chi connectivity index (χ4v) is 2.55. The lowest BCUT2D eigenvalue weighted by Gasteiger charge is -2.10. The molecule has 0 saturated heterocycles. The highest BCUT2D eigenvalue weighted by molar-refractivity contribution is 7.92. The lowest BCUT2D eigenvalue weighted by Crippen LogP contribution is -2.14. The van der Waals surface area contributed by atoms with E-state index in [1.165, 1.54) is 31.4 Å². The molecule has 1 aromatic carbocycles. The molecule has 0 amide bonds. The van der Waals surface area contributed by atoms with Gasteiger partial charge in [-0.1, -0.05) is 11.6 Å².